The summed E-state index contributed by atoms with van der Waals surface area (Å²) < 4.78 is 23.2. The van der Waals surface area contributed by atoms with Gasteiger partial charge in [-0.25, -0.2) is 9.78 Å². The van der Waals surface area contributed by atoms with Crippen molar-refractivity contribution in [1.29, 1.82) is 0 Å². The van der Waals surface area contributed by atoms with E-state index in [1.165, 1.54) is 0 Å². The first kappa shape index (κ1) is 29.4. The molecule has 0 spiro atoms. The molecule has 8 nitrogen and oxygen atoms in total. The minimum absolute atomic E-state index is 0.242. The summed E-state index contributed by atoms with van der Waals surface area (Å²) in [7, 11) is 0. The molecule has 0 aliphatic carbocycles. The second-order valence-corrected chi connectivity index (χ2v) is 10.2. The monoisotopic (exact) mass is 578 g/mol. The summed E-state index contributed by atoms with van der Waals surface area (Å²) in [5, 5.41) is 2.91. The number of aromatic nitrogens is 1. The van der Waals surface area contributed by atoms with Gasteiger partial charge in [0.2, 0.25) is 5.89 Å². The lowest BCUT2D eigenvalue weighted by molar-refractivity contribution is 0.0735. The van der Waals surface area contributed by atoms with Crippen LogP contribution in [0.25, 0.3) is 22.6 Å². The Morgan fingerprint density at radius 3 is 2.00 bits per heavy atom. The SMILES string of the molecule is CCCOc1ccc(C(=O)Nc2ccc(OC(=O)c3ccc(OCCC)cc3)c(-c3nc4cc(C)c(C)cc4o3)c2)cc1. The first-order chi connectivity index (χ1) is 20.8. The van der Waals surface area contributed by atoms with Crippen molar-refractivity contribution < 1.29 is 28.2 Å². The molecular weight excluding hydrogens is 544 g/mol. The first-order valence-corrected chi connectivity index (χ1v) is 14.4. The minimum atomic E-state index is -0.548. The number of nitrogens with zero attached hydrogens (tertiary/aromatic N) is 1. The number of esters is 1. The van der Waals surface area contributed by atoms with Crippen LogP contribution in [0.2, 0.25) is 0 Å². The summed E-state index contributed by atoms with van der Waals surface area (Å²) in [6, 6.07) is 22.6. The highest BCUT2D eigenvalue weighted by atomic mass is 16.5. The molecule has 5 aromatic rings. The number of hydrogen-bond acceptors (Lipinski definition) is 7. The molecular formula is C35H34N2O6. The van der Waals surface area contributed by atoms with Gasteiger partial charge in [0.25, 0.3) is 5.91 Å². The van der Waals surface area contributed by atoms with Gasteiger partial charge in [-0.2, -0.15) is 0 Å². The molecule has 8 heteroatoms. The van der Waals surface area contributed by atoms with Crippen LogP contribution in [0.4, 0.5) is 5.69 Å². The molecule has 4 aromatic carbocycles. The summed E-state index contributed by atoms with van der Waals surface area (Å²) in [5.74, 6) is 1.04. The molecule has 0 aliphatic rings. The molecule has 5 rings (SSSR count). The Morgan fingerprint density at radius 2 is 1.37 bits per heavy atom. The van der Waals surface area contributed by atoms with Gasteiger partial charge in [-0.3, -0.25) is 4.79 Å². The van der Waals surface area contributed by atoms with Crippen LogP contribution in [0.1, 0.15) is 58.5 Å². The Bertz CT molecular complexity index is 1700. The van der Waals surface area contributed by atoms with Gasteiger partial charge < -0.3 is 23.9 Å². The van der Waals surface area contributed by atoms with E-state index >= 15 is 0 Å². The largest absolute Gasteiger partial charge is 0.494 e. The van der Waals surface area contributed by atoms with E-state index in [1.54, 1.807) is 66.7 Å². The summed E-state index contributed by atoms with van der Waals surface area (Å²) in [5.41, 5.74) is 5.18. The van der Waals surface area contributed by atoms with E-state index in [-0.39, 0.29) is 17.5 Å². The quantitative estimate of drug-likeness (QED) is 0.125. The maximum absolute atomic E-state index is 13.1. The summed E-state index contributed by atoms with van der Waals surface area (Å²) in [4.78, 5) is 30.9. The summed E-state index contributed by atoms with van der Waals surface area (Å²) in [6.45, 7) is 9.28. The van der Waals surface area contributed by atoms with Gasteiger partial charge in [-0.05, 0) is 117 Å². The summed E-state index contributed by atoms with van der Waals surface area (Å²) >= 11 is 0. The fourth-order valence-electron chi connectivity index (χ4n) is 4.35. The Hall–Kier alpha value is -5.11. The van der Waals surface area contributed by atoms with Gasteiger partial charge in [0.1, 0.15) is 22.8 Å². The van der Waals surface area contributed by atoms with Gasteiger partial charge in [0.05, 0.1) is 24.3 Å². The van der Waals surface area contributed by atoms with Crippen molar-refractivity contribution in [3.8, 4) is 28.7 Å². The average molecular weight is 579 g/mol. The molecule has 0 aliphatic heterocycles. The predicted octanol–water partition coefficient (Wildman–Crippen LogP) is 8.16. The van der Waals surface area contributed by atoms with Crippen LogP contribution >= 0.6 is 0 Å². The molecule has 1 aromatic heterocycles. The fraction of sp³-hybridized carbons (Fsp3) is 0.229. The molecule has 220 valence electrons. The molecule has 1 N–H and O–H groups in total. The smallest absolute Gasteiger partial charge is 0.343 e. The van der Waals surface area contributed by atoms with Gasteiger partial charge >= 0.3 is 5.97 Å². The van der Waals surface area contributed by atoms with Crippen LogP contribution in [0.5, 0.6) is 17.2 Å². The molecule has 0 saturated carbocycles. The number of amides is 1. The number of oxazole rings is 1. The van der Waals surface area contributed by atoms with Crippen molar-refractivity contribution >= 4 is 28.7 Å². The molecule has 0 fully saturated rings. The maximum Gasteiger partial charge on any atom is 0.343 e. The first-order valence-electron chi connectivity index (χ1n) is 14.4. The molecule has 43 heavy (non-hydrogen) atoms. The minimum Gasteiger partial charge on any atom is -0.494 e. The number of carbonyl (C=O) groups is 2. The highest BCUT2D eigenvalue weighted by Gasteiger charge is 2.19. The highest BCUT2D eigenvalue weighted by Crippen LogP contribution is 2.35. The zero-order chi connectivity index (χ0) is 30.3. The number of anilines is 1. The number of fused-ring (bicyclic) bond motifs is 1. The highest BCUT2D eigenvalue weighted by molar-refractivity contribution is 6.04. The topological polar surface area (TPSA) is 99.9 Å². The Kier molecular flexibility index (Phi) is 9.05. The van der Waals surface area contributed by atoms with E-state index < -0.39 is 5.97 Å². The van der Waals surface area contributed by atoms with E-state index in [1.807, 2.05) is 39.8 Å². The fourth-order valence-corrected chi connectivity index (χ4v) is 4.35. The third kappa shape index (κ3) is 7.04. The number of benzene rings is 4. The second kappa shape index (κ2) is 13.2. The summed E-state index contributed by atoms with van der Waals surface area (Å²) in [6.07, 6.45) is 1.79. The van der Waals surface area contributed by atoms with Gasteiger partial charge in [-0.1, -0.05) is 13.8 Å². The van der Waals surface area contributed by atoms with Crippen molar-refractivity contribution in [2.75, 3.05) is 18.5 Å². The number of hydrogen-bond donors (Lipinski definition) is 1. The van der Waals surface area contributed by atoms with Crippen molar-refractivity contribution in [1.82, 2.24) is 4.98 Å². The Morgan fingerprint density at radius 1 is 0.767 bits per heavy atom. The second-order valence-electron chi connectivity index (χ2n) is 10.2. The van der Waals surface area contributed by atoms with Crippen LogP contribution in [0.3, 0.4) is 0 Å². The van der Waals surface area contributed by atoms with Crippen molar-refractivity contribution in [2.45, 2.75) is 40.5 Å². The molecule has 1 heterocycles. The molecule has 0 unspecified atom stereocenters. The molecule has 1 amide bonds. The lowest BCUT2D eigenvalue weighted by atomic mass is 10.1. The third-order valence-corrected chi connectivity index (χ3v) is 6.83. The van der Waals surface area contributed by atoms with Crippen molar-refractivity contribution in [3.63, 3.8) is 0 Å². The standard InChI is InChI=1S/C35H34N2O6/c1-5-17-40-27-12-7-24(8-13-27)33(38)36-26-11-16-31(43-35(39)25-9-14-28(15-10-25)41-18-6-2)29(21-26)34-37-30-19-22(3)23(4)20-32(30)42-34/h7-16,19-21H,5-6,17-18H2,1-4H3,(H,36,38). The van der Waals surface area contributed by atoms with Crippen molar-refractivity contribution in [3.05, 3.63) is 101 Å². The maximum atomic E-state index is 13.1. The van der Waals surface area contributed by atoms with Crippen LogP contribution in [-0.2, 0) is 0 Å². The molecule has 0 radical (unpaired) electrons. The van der Waals surface area contributed by atoms with Gasteiger partial charge in [-0.15, -0.1) is 0 Å². The number of rotatable bonds is 11. The van der Waals surface area contributed by atoms with Crippen LogP contribution in [-0.4, -0.2) is 30.1 Å². The normalized spacial score (nSPS) is 10.9. The number of aryl methyl sites for hydroxylation is 2. The average Bonchev–Trinajstić information content (AvgIpc) is 3.42. The lowest BCUT2D eigenvalue weighted by Gasteiger charge is -2.12. The van der Waals surface area contributed by atoms with E-state index in [0.29, 0.717) is 58.2 Å². The zero-order valence-electron chi connectivity index (χ0n) is 24.7. The van der Waals surface area contributed by atoms with Gasteiger partial charge in [0, 0.05) is 11.3 Å². The van der Waals surface area contributed by atoms with E-state index in [0.717, 1.165) is 24.0 Å². The van der Waals surface area contributed by atoms with Gasteiger partial charge in [0.15, 0.2) is 5.58 Å². The van der Waals surface area contributed by atoms with Crippen molar-refractivity contribution in [2.24, 2.45) is 0 Å². The molecule has 0 atom stereocenters. The number of ether oxygens (including phenoxy) is 3. The van der Waals surface area contributed by atoms with Crippen LogP contribution < -0.4 is 19.5 Å². The molecule has 0 saturated heterocycles. The Balaban J connectivity index is 1.44. The third-order valence-electron chi connectivity index (χ3n) is 6.83. The molecule has 0 bridgehead atoms. The predicted molar refractivity (Wildman–Crippen MR) is 166 cm³/mol. The van der Waals surface area contributed by atoms with E-state index in [9.17, 15) is 9.59 Å². The Labute approximate surface area is 250 Å². The number of nitrogens with one attached hydrogen (secondary N) is 1. The van der Waals surface area contributed by atoms with E-state index in [4.69, 9.17) is 18.6 Å². The number of carbonyl (C=O) groups excluding carboxylic acids is 2. The zero-order valence-corrected chi connectivity index (χ0v) is 24.7. The van der Waals surface area contributed by atoms with Crippen LogP contribution in [0, 0.1) is 13.8 Å². The lowest BCUT2D eigenvalue weighted by Crippen LogP contribution is -2.13. The van der Waals surface area contributed by atoms with Crippen LogP contribution in [0.15, 0.2) is 83.3 Å². The van der Waals surface area contributed by atoms with E-state index in [2.05, 4.69) is 10.3 Å².